The Balaban J connectivity index is 2.52. The number of halogens is 1. The summed E-state index contributed by atoms with van der Waals surface area (Å²) in [5, 5.41) is 0.366. The number of carbonyl (C=O) groups excluding carboxylic acids is 1. The van der Waals surface area contributed by atoms with Crippen molar-refractivity contribution in [3.05, 3.63) is 53.3 Å². The summed E-state index contributed by atoms with van der Waals surface area (Å²) in [7, 11) is 0. The topological polar surface area (TPSA) is 56.0 Å². The van der Waals surface area contributed by atoms with Crippen LogP contribution in [0.3, 0.4) is 0 Å². The molecule has 1 aromatic heterocycles. The van der Waals surface area contributed by atoms with Crippen LogP contribution in [-0.4, -0.2) is 10.9 Å². The Morgan fingerprint density at radius 3 is 2.44 bits per heavy atom. The van der Waals surface area contributed by atoms with Gasteiger partial charge >= 0.3 is 0 Å². The molecule has 0 bridgehead atoms. The summed E-state index contributed by atoms with van der Waals surface area (Å²) in [4.78, 5) is 15.1. The van der Waals surface area contributed by atoms with Gasteiger partial charge in [-0.2, -0.15) is 0 Å². The normalized spacial score (nSPS) is 10.1. The Labute approximate surface area is 97.9 Å². The van der Waals surface area contributed by atoms with Gasteiger partial charge in [0.2, 0.25) is 5.91 Å². The molecular weight excluding hydrogens is 224 g/mol. The van der Waals surface area contributed by atoms with Crippen LogP contribution in [0.5, 0.6) is 0 Å². The number of nitrogens with two attached hydrogens (primary N) is 1. The Bertz CT molecular complexity index is 526. The predicted molar refractivity (Wildman–Crippen MR) is 63.2 cm³/mol. The lowest BCUT2D eigenvalue weighted by Crippen LogP contribution is -2.11. The van der Waals surface area contributed by atoms with Gasteiger partial charge in [-0.25, -0.2) is 0 Å². The molecule has 0 spiro atoms. The molecular formula is C12H9ClN2O. The van der Waals surface area contributed by atoms with Crippen LogP contribution in [0, 0.1) is 0 Å². The lowest BCUT2D eigenvalue weighted by molar-refractivity contribution is 0.100. The fourth-order valence-corrected chi connectivity index (χ4v) is 1.65. The van der Waals surface area contributed by atoms with Gasteiger partial charge in [0.15, 0.2) is 0 Å². The molecule has 0 atom stereocenters. The standard InChI is InChI=1S/C12H9ClN2O/c13-11-2-1-9(7-10(11)12(14)16)8-3-5-15-6-4-8/h1-7H,(H2,14,16). The van der Waals surface area contributed by atoms with Crippen LogP contribution in [0.1, 0.15) is 10.4 Å². The van der Waals surface area contributed by atoms with Crippen LogP contribution in [0.2, 0.25) is 5.02 Å². The summed E-state index contributed by atoms with van der Waals surface area (Å²) in [5.41, 5.74) is 7.41. The molecule has 1 amide bonds. The van der Waals surface area contributed by atoms with Crippen LogP contribution in [-0.2, 0) is 0 Å². The van der Waals surface area contributed by atoms with Crippen LogP contribution in [0.4, 0.5) is 0 Å². The molecule has 0 aliphatic rings. The maximum atomic E-state index is 11.1. The fourth-order valence-electron chi connectivity index (χ4n) is 1.44. The lowest BCUT2D eigenvalue weighted by Gasteiger charge is -2.04. The molecule has 3 nitrogen and oxygen atoms in total. The second kappa shape index (κ2) is 4.33. The monoisotopic (exact) mass is 232 g/mol. The van der Waals surface area contributed by atoms with Gasteiger partial charge in [-0.15, -0.1) is 0 Å². The number of carbonyl (C=O) groups is 1. The van der Waals surface area contributed by atoms with Crippen LogP contribution in [0.15, 0.2) is 42.7 Å². The Kier molecular flexibility index (Phi) is 2.88. The average Bonchev–Trinajstić information content (AvgIpc) is 2.30. The molecule has 80 valence electrons. The largest absolute Gasteiger partial charge is 0.366 e. The second-order valence-electron chi connectivity index (χ2n) is 3.29. The summed E-state index contributed by atoms with van der Waals surface area (Å²) in [5.74, 6) is -0.527. The van der Waals surface area contributed by atoms with Crippen molar-refractivity contribution < 1.29 is 4.79 Å². The zero-order valence-electron chi connectivity index (χ0n) is 8.35. The first-order chi connectivity index (χ1) is 7.68. The van der Waals surface area contributed by atoms with E-state index in [-0.39, 0.29) is 0 Å². The summed E-state index contributed by atoms with van der Waals surface area (Å²) >= 11 is 5.87. The molecule has 2 aromatic rings. The van der Waals surface area contributed by atoms with Crippen LogP contribution < -0.4 is 5.73 Å². The van der Waals surface area contributed by atoms with E-state index in [1.807, 2.05) is 18.2 Å². The van der Waals surface area contributed by atoms with Crippen molar-refractivity contribution in [1.82, 2.24) is 4.98 Å². The van der Waals surface area contributed by atoms with E-state index in [0.717, 1.165) is 11.1 Å². The van der Waals surface area contributed by atoms with Crippen molar-refractivity contribution in [3.8, 4) is 11.1 Å². The van der Waals surface area contributed by atoms with Gasteiger partial charge in [-0.3, -0.25) is 9.78 Å². The number of rotatable bonds is 2. The van der Waals surface area contributed by atoms with Gasteiger partial charge < -0.3 is 5.73 Å². The Morgan fingerprint density at radius 2 is 1.81 bits per heavy atom. The van der Waals surface area contributed by atoms with Gasteiger partial charge in [0.05, 0.1) is 10.6 Å². The number of hydrogen-bond acceptors (Lipinski definition) is 2. The quantitative estimate of drug-likeness (QED) is 0.865. The third-order valence-electron chi connectivity index (χ3n) is 2.25. The third-order valence-corrected chi connectivity index (χ3v) is 2.58. The van der Waals surface area contributed by atoms with Crippen LogP contribution in [0.25, 0.3) is 11.1 Å². The molecule has 0 saturated heterocycles. The molecule has 4 heteroatoms. The van der Waals surface area contributed by atoms with Crippen molar-refractivity contribution in [2.75, 3.05) is 0 Å². The van der Waals surface area contributed by atoms with E-state index < -0.39 is 5.91 Å². The number of nitrogens with zero attached hydrogens (tertiary/aromatic N) is 1. The molecule has 16 heavy (non-hydrogen) atoms. The average molecular weight is 233 g/mol. The van der Waals surface area contributed by atoms with Crippen LogP contribution >= 0.6 is 11.6 Å². The van der Waals surface area contributed by atoms with E-state index in [9.17, 15) is 4.79 Å². The first kappa shape index (κ1) is 10.6. The fraction of sp³-hybridized carbons (Fsp3) is 0. The zero-order chi connectivity index (χ0) is 11.5. The van der Waals surface area contributed by atoms with Gasteiger partial charge in [0.1, 0.15) is 0 Å². The molecule has 0 unspecified atom stereocenters. The molecule has 1 aromatic carbocycles. The number of aromatic nitrogens is 1. The number of hydrogen-bond donors (Lipinski definition) is 1. The van der Waals surface area contributed by atoms with Gasteiger partial charge in [-0.1, -0.05) is 17.7 Å². The second-order valence-corrected chi connectivity index (χ2v) is 3.70. The third kappa shape index (κ3) is 2.04. The smallest absolute Gasteiger partial charge is 0.250 e. The SMILES string of the molecule is NC(=O)c1cc(-c2ccncc2)ccc1Cl. The van der Waals surface area contributed by atoms with Gasteiger partial charge in [0.25, 0.3) is 0 Å². The van der Waals surface area contributed by atoms with Crippen molar-refractivity contribution in [2.45, 2.75) is 0 Å². The van der Waals surface area contributed by atoms with E-state index in [2.05, 4.69) is 4.98 Å². The first-order valence-corrected chi connectivity index (χ1v) is 5.06. The lowest BCUT2D eigenvalue weighted by atomic mass is 10.0. The highest BCUT2D eigenvalue weighted by Gasteiger charge is 2.08. The van der Waals surface area contributed by atoms with Crippen molar-refractivity contribution in [3.63, 3.8) is 0 Å². The molecule has 1 heterocycles. The molecule has 0 saturated carbocycles. The molecule has 2 rings (SSSR count). The molecule has 0 fully saturated rings. The highest BCUT2D eigenvalue weighted by Crippen LogP contribution is 2.24. The highest BCUT2D eigenvalue weighted by molar-refractivity contribution is 6.33. The maximum Gasteiger partial charge on any atom is 0.250 e. The van der Waals surface area contributed by atoms with E-state index in [0.29, 0.717) is 10.6 Å². The van der Waals surface area contributed by atoms with E-state index in [4.69, 9.17) is 17.3 Å². The van der Waals surface area contributed by atoms with Crippen molar-refractivity contribution in [1.29, 1.82) is 0 Å². The minimum absolute atomic E-state index is 0.330. The molecule has 2 N–H and O–H groups in total. The summed E-state index contributed by atoms with van der Waals surface area (Å²) in [6, 6.07) is 8.89. The summed E-state index contributed by atoms with van der Waals surface area (Å²) < 4.78 is 0. The van der Waals surface area contributed by atoms with E-state index in [1.165, 1.54) is 0 Å². The van der Waals surface area contributed by atoms with E-state index >= 15 is 0 Å². The number of amides is 1. The minimum Gasteiger partial charge on any atom is -0.366 e. The van der Waals surface area contributed by atoms with Gasteiger partial charge in [-0.05, 0) is 35.4 Å². The maximum absolute atomic E-state index is 11.1. The molecule has 0 aliphatic carbocycles. The van der Waals surface area contributed by atoms with Crippen molar-refractivity contribution in [2.24, 2.45) is 5.73 Å². The Hall–Kier alpha value is -1.87. The Morgan fingerprint density at radius 1 is 1.12 bits per heavy atom. The summed E-state index contributed by atoms with van der Waals surface area (Å²) in [6.07, 6.45) is 3.38. The molecule has 0 radical (unpaired) electrons. The zero-order valence-corrected chi connectivity index (χ0v) is 9.11. The number of primary amides is 1. The number of pyridine rings is 1. The minimum atomic E-state index is -0.527. The predicted octanol–water partition coefficient (Wildman–Crippen LogP) is 2.50. The van der Waals surface area contributed by atoms with Crippen molar-refractivity contribution >= 4 is 17.5 Å². The first-order valence-electron chi connectivity index (χ1n) is 4.68. The van der Waals surface area contributed by atoms with E-state index in [1.54, 1.807) is 24.5 Å². The number of benzene rings is 1. The van der Waals surface area contributed by atoms with Gasteiger partial charge in [0, 0.05) is 12.4 Å². The highest BCUT2D eigenvalue weighted by atomic mass is 35.5. The molecule has 0 aliphatic heterocycles. The summed E-state index contributed by atoms with van der Waals surface area (Å²) in [6.45, 7) is 0.